The van der Waals surface area contributed by atoms with E-state index in [1.165, 1.54) is 6.07 Å². The number of hydrogen-bond acceptors (Lipinski definition) is 2. The van der Waals surface area contributed by atoms with E-state index < -0.39 is 0 Å². The summed E-state index contributed by atoms with van der Waals surface area (Å²) in [5.74, 6) is -0.623. The summed E-state index contributed by atoms with van der Waals surface area (Å²) in [5, 5.41) is 3.33. The number of halogens is 2. The van der Waals surface area contributed by atoms with Gasteiger partial charge in [0.25, 0.3) is 0 Å². The number of nitrogens with two attached hydrogens (primary N) is 1. The van der Waals surface area contributed by atoms with Crippen molar-refractivity contribution >= 4 is 27.5 Å². The number of benzene rings is 2. The molecule has 0 aromatic heterocycles. The first-order chi connectivity index (χ1) is 9.95. The van der Waals surface area contributed by atoms with Crippen LogP contribution in [0.2, 0.25) is 0 Å². The summed E-state index contributed by atoms with van der Waals surface area (Å²) in [6.45, 7) is 2.00. The van der Waals surface area contributed by atoms with Crippen LogP contribution in [0.3, 0.4) is 0 Å². The minimum atomic E-state index is -0.347. The molecule has 3 N–H and O–H groups in total. The van der Waals surface area contributed by atoms with Crippen molar-refractivity contribution in [3.63, 3.8) is 0 Å². The zero-order valence-corrected chi connectivity index (χ0v) is 13.2. The molecule has 21 heavy (non-hydrogen) atoms. The Morgan fingerprint density at radius 1 is 1.29 bits per heavy atom. The number of primary amides is 1. The highest BCUT2D eigenvalue weighted by molar-refractivity contribution is 9.10. The number of carbonyl (C=O) groups is 1. The highest BCUT2D eigenvalue weighted by Gasteiger charge is 2.08. The molecule has 1 unspecified atom stereocenters. The topological polar surface area (TPSA) is 55.1 Å². The molecule has 1 atom stereocenters. The second-order valence-corrected chi connectivity index (χ2v) is 5.73. The number of carbonyl (C=O) groups excluding carboxylic acids is 1. The van der Waals surface area contributed by atoms with E-state index in [0.717, 1.165) is 16.8 Å². The van der Waals surface area contributed by atoms with Crippen molar-refractivity contribution in [2.75, 3.05) is 5.32 Å². The maximum atomic E-state index is 13.2. The molecular formula is C16H16BrFN2O. The molecule has 2 aromatic carbocycles. The van der Waals surface area contributed by atoms with Gasteiger partial charge in [-0.05, 0) is 58.2 Å². The Balaban J connectivity index is 2.06. The van der Waals surface area contributed by atoms with Gasteiger partial charge in [0.1, 0.15) is 5.82 Å². The van der Waals surface area contributed by atoms with Gasteiger partial charge in [-0.3, -0.25) is 4.79 Å². The smallest absolute Gasteiger partial charge is 0.221 e. The Morgan fingerprint density at radius 3 is 2.52 bits per heavy atom. The maximum Gasteiger partial charge on any atom is 0.221 e. The van der Waals surface area contributed by atoms with Crippen LogP contribution in [0.4, 0.5) is 10.1 Å². The average Bonchev–Trinajstić information content (AvgIpc) is 2.43. The van der Waals surface area contributed by atoms with Gasteiger partial charge in [-0.1, -0.05) is 18.2 Å². The monoisotopic (exact) mass is 350 g/mol. The fourth-order valence-corrected chi connectivity index (χ4v) is 2.43. The predicted octanol–water partition coefficient (Wildman–Crippen LogP) is 3.79. The van der Waals surface area contributed by atoms with Gasteiger partial charge in [0.15, 0.2) is 0 Å². The molecular weight excluding hydrogens is 335 g/mol. The fourth-order valence-electron chi connectivity index (χ4n) is 2.04. The van der Waals surface area contributed by atoms with Gasteiger partial charge in [-0.2, -0.15) is 0 Å². The van der Waals surface area contributed by atoms with E-state index in [1.54, 1.807) is 12.1 Å². The molecule has 2 rings (SSSR count). The van der Waals surface area contributed by atoms with Gasteiger partial charge in [0, 0.05) is 11.7 Å². The van der Waals surface area contributed by atoms with Crippen LogP contribution >= 0.6 is 15.9 Å². The largest absolute Gasteiger partial charge is 0.379 e. The summed E-state index contributed by atoms with van der Waals surface area (Å²) in [6, 6.07) is 12.5. The lowest BCUT2D eigenvalue weighted by atomic mass is 10.1. The number of rotatable bonds is 5. The van der Waals surface area contributed by atoms with Gasteiger partial charge in [0.2, 0.25) is 5.91 Å². The summed E-state index contributed by atoms with van der Waals surface area (Å²) in [4.78, 5) is 10.8. The summed E-state index contributed by atoms with van der Waals surface area (Å²) in [6.07, 6.45) is 0.237. The molecule has 0 saturated carbocycles. The van der Waals surface area contributed by atoms with Crippen LogP contribution in [0, 0.1) is 5.82 Å². The van der Waals surface area contributed by atoms with Crippen molar-refractivity contribution in [1.82, 2.24) is 0 Å². The quantitative estimate of drug-likeness (QED) is 0.861. The summed E-state index contributed by atoms with van der Waals surface area (Å²) < 4.78 is 13.7. The maximum absolute atomic E-state index is 13.2. The highest BCUT2D eigenvalue weighted by atomic mass is 79.9. The van der Waals surface area contributed by atoms with Crippen molar-refractivity contribution in [3.05, 3.63) is 63.9 Å². The van der Waals surface area contributed by atoms with E-state index >= 15 is 0 Å². The molecule has 0 saturated heterocycles. The first-order valence-electron chi connectivity index (χ1n) is 6.54. The molecule has 0 bridgehead atoms. The van der Waals surface area contributed by atoms with E-state index in [2.05, 4.69) is 21.2 Å². The van der Waals surface area contributed by atoms with Gasteiger partial charge in [0.05, 0.1) is 10.9 Å². The first kappa shape index (κ1) is 15.5. The van der Waals surface area contributed by atoms with Crippen LogP contribution in [-0.2, 0) is 11.2 Å². The third-order valence-corrected chi connectivity index (χ3v) is 3.77. The molecule has 0 fully saturated rings. The van der Waals surface area contributed by atoms with Crippen molar-refractivity contribution < 1.29 is 9.18 Å². The van der Waals surface area contributed by atoms with Gasteiger partial charge < -0.3 is 11.1 Å². The minimum absolute atomic E-state index is 0.0314. The molecule has 0 heterocycles. The number of hydrogen-bond donors (Lipinski definition) is 2. The standard InChI is InChI=1S/C16H16BrFN2O/c1-10(12-4-7-15(18)14(17)9-12)20-13-5-2-11(3-6-13)8-16(19)21/h2-7,9-10,20H,8H2,1H3,(H2,19,21). The molecule has 0 aliphatic carbocycles. The van der Waals surface area contributed by atoms with Crippen LogP contribution in [0.5, 0.6) is 0 Å². The molecule has 0 aliphatic heterocycles. The van der Waals surface area contributed by atoms with Crippen LogP contribution in [-0.4, -0.2) is 5.91 Å². The molecule has 1 amide bonds. The average molecular weight is 351 g/mol. The van der Waals surface area contributed by atoms with Crippen molar-refractivity contribution in [2.45, 2.75) is 19.4 Å². The normalized spacial score (nSPS) is 12.0. The minimum Gasteiger partial charge on any atom is -0.379 e. The third-order valence-electron chi connectivity index (χ3n) is 3.16. The molecule has 110 valence electrons. The molecule has 3 nitrogen and oxygen atoms in total. The van der Waals surface area contributed by atoms with Crippen molar-refractivity contribution in [3.8, 4) is 0 Å². The third kappa shape index (κ3) is 4.29. The lowest BCUT2D eigenvalue weighted by molar-refractivity contribution is -0.117. The van der Waals surface area contributed by atoms with Crippen LogP contribution in [0.25, 0.3) is 0 Å². The molecule has 5 heteroatoms. The van der Waals surface area contributed by atoms with E-state index in [4.69, 9.17) is 5.73 Å². The van der Waals surface area contributed by atoms with Crippen LogP contribution < -0.4 is 11.1 Å². The Morgan fingerprint density at radius 2 is 1.95 bits per heavy atom. The highest BCUT2D eigenvalue weighted by Crippen LogP contribution is 2.24. The molecule has 0 radical (unpaired) electrons. The number of nitrogens with one attached hydrogen (secondary N) is 1. The lowest BCUT2D eigenvalue weighted by Crippen LogP contribution is -2.13. The Bertz CT molecular complexity index is 643. The zero-order valence-electron chi connectivity index (χ0n) is 11.6. The Kier molecular flexibility index (Phi) is 4.96. The lowest BCUT2D eigenvalue weighted by Gasteiger charge is -2.16. The molecule has 2 aromatic rings. The van der Waals surface area contributed by atoms with Gasteiger partial charge >= 0.3 is 0 Å². The van der Waals surface area contributed by atoms with E-state index in [9.17, 15) is 9.18 Å². The predicted molar refractivity (Wildman–Crippen MR) is 85.5 cm³/mol. The van der Waals surface area contributed by atoms with E-state index in [1.807, 2.05) is 31.2 Å². The summed E-state index contributed by atoms with van der Waals surface area (Å²) >= 11 is 3.19. The Hall–Kier alpha value is -1.88. The molecule has 0 aliphatic rings. The second-order valence-electron chi connectivity index (χ2n) is 4.88. The summed E-state index contributed by atoms with van der Waals surface area (Å²) in [5.41, 5.74) is 7.94. The van der Waals surface area contributed by atoms with E-state index in [0.29, 0.717) is 4.47 Å². The number of amides is 1. The van der Waals surface area contributed by atoms with Crippen molar-refractivity contribution in [2.24, 2.45) is 5.73 Å². The first-order valence-corrected chi connectivity index (χ1v) is 7.33. The van der Waals surface area contributed by atoms with E-state index in [-0.39, 0.29) is 24.2 Å². The van der Waals surface area contributed by atoms with Gasteiger partial charge in [-0.25, -0.2) is 4.39 Å². The summed E-state index contributed by atoms with van der Waals surface area (Å²) in [7, 11) is 0. The zero-order chi connectivity index (χ0) is 15.4. The van der Waals surface area contributed by atoms with Crippen LogP contribution in [0.1, 0.15) is 24.1 Å². The van der Waals surface area contributed by atoms with Gasteiger partial charge in [-0.15, -0.1) is 0 Å². The number of anilines is 1. The second kappa shape index (κ2) is 6.72. The van der Waals surface area contributed by atoms with Crippen molar-refractivity contribution in [1.29, 1.82) is 0 Å². The van der Waals surface area contributed by atoms with Crippen LogP contribution in [0.15, 0.2) is 46.9 Å². The SMILES string of the molecule is CC(Nc1ccc(CC(N)=O)cc1)c1ccc(F)c(Br)c1. The fraction of sp³-hybridized carbons (Fsp3) is 0.188. The Labute approximate surface area is 131 Å². The molecule has 0 spiro atoms.